The molecule has 4 rings (SSSR count). The molecule has 0 spiro atoms. The summed E-state index contributed by atoms with van der Waals surface area (Å²) in [6.07, 6.45) is 1.67. The number of rotatable bonds is 4. The lowest BCUT2D eigenvalue weighted by Gasteiger charge is -2.10. The first-order valence-corrected chi connectivity index (χ1v) is 8.48. The van der Waals surface area contributed by atoms with Gasteiger partial charge < -0.3 is 5.32 Å². The van der Waals surface area contributed by atoms with Gasteiger partial charge in [0.05, 0.1) is 16.9 Å². The second kappa shape index (κ2) is 7.21. The molecule has 6 heteroatoms. The molecule has 2 aromatic heterocycles. The zero-order chi connectivity index (χ0) is 18.6. The second-order valence-electron chi connectivity index (χ2n) is 6.01. The molecule has 0 aliphatic carbocycles. The monoisotopic (exact) mass is 356 g/mol. The molecule has 0 atom stereocenters. The third-order valence-corrected chi connectivity index (χ3v) is 4.14. The Morgan fingerprint density at radius 1 is 0.926 bits per heavy atom. The van der Waals surface area contributed by atoms with Crippen molar-refractivity contribution in [2.45, 2.75) is 6.54 Å². The number of carbonyl (C=O) groups excluding carboxylic acids is 1. The van der Waals surface area contributed by atoms with Crippen LogP contribution in [0.3, 0.4) is 0 Å². The molecule has 0 unspecified atom stereocenters. The highest BCUT2D eigenvalue weighted by atomic mass is 16.2. The summed E-state index contributed by atoms with van der Waals surface area (Å²) in [6, 6.07) is 21.9. The van der Waals surface area contributed by atoms with E-state index in [2.05, 4.69) is 15.4 Å². The Morgan fingerprint density at radius 2 is 1.74 bits per heavy atom. The van der Waals surface area contributed by atoms with E-state index in [1.165, 1.54) is 6.07 Å². The fraction of sp³-hybridized carbons (Fsp3) is 0.0476. The number of fused-ring (bicyclic) bond motifs is 1. The number of para-hydroxylation sites is 1. The van der Waals surface area contributed by atoms with Gasteiger partial charge in [-0.2, -0.15) is 5.10 Å². The molecule has 27 heavy (non-hydrogen) atoms. The van der Waals surface area contributed by atoms with Crippen LogP contribution in [-0.4, -0.2) is 20.7 Å². The highest BCUT2D eigenvalue weighted by molar-refractivity contribution is 6.00. The number of anilines is 1. The maximum atomic E-state index is 12.5. The molecule has 2 aromatic carbocycles. The van der Waals surface area contributed by atoms with E-state index in [4.69, 9.17) is 0 Å². The predicted octanol–water partition coefficient (Wildman–Crippen LogP) is 3.10. The Morgan fingerprint density at radius 3 is 2.59 bits per heavy atom. The Balaban J connectivity index is 1.59. The summed E-state index contributed by atoms with van der Waals surface area (Å²) in [4.78, 5) is 28.9. The van der Waals surface area contributed by atoms with Gasteiger partial charge in [-0.1, -0.05) is 48.5 Å². The van der Waals surface area contributed by atoms with Crippen LogP contribution in [0.4, 0.5) is 5.69 Å². The highest BCUT2D eigenvalue weighted by Crippen LogP contribution is 2.20. The Bertz CT molecular complexity index is 1160. The summed E-state index contributed by atoms with van der Waals surface area (Å²) in [5.41, 5.74) is 2.48. The van der Waals surface area contributed by atoms with Crippen LogP contribution in [0.1, 0.15) is 0 Å². The van der Waals surface area contributed by atoms with Gasteiger partial charge in [0.1, 0.15) is 6.54 Å². The van der Waals surface area contributed by atoms with E-state index in [0.717, 1.165) is 15.6 Å². The SMILES string of the molecule is O=C(Cn1nc(-c2ccccc2)ccc1=O)Nc1cccc2cccnc12. The van der Waals surface area contributed by atoms with Crippen LogP contribution in [0, 0.1) is 0 Å². The molecule has 0 bridgehead atoms. The number of carbonyl (C=O) groups is 1. The Kier molecular flexibility index (Phi) is 4.45. The maximum Gasteiger partial charge on any atom is 0.267 e. The first-order valence-electron chi connectivity index (χ1n) is 8.48. The highest BCUT2D eigenvalue weighted by Gasteiger charge is 2.10. The molecule has 2 heterocycles. The van der Waals surface area contributed by atoms with Crippen molar-refractivity contribution in [3.8, 4) is 11.3 Å². The van der Waals surface area contributed by atoms with Gasteiger partial charge in [0.2, 0.25) is 5.91 Å². The number of hydrogen-bond acceptors (Lipinski definition) is 4. The maximum absolute atomic E-state index is 12.5. The summed E-state index contributed by atoms with van der Waals surface area (Å²) in [6.45, 7) is -0.178. The minimum Gasteiger partial charge on any atom is -0.323 e. The van der Waals surface area contributed by atoms with Crippen molar-refractivity contribution in [2.24, 2.45) is 0 Å². The number of benzene rings is 2. The van der Waals surface area contributed by atoms with Gasteiger partial charge in [-0.25, -0.2) is 4.68 Å². The number of amides is 1. The summed E-state index contributed by atoms with van der Waals surface area (Å²) < 4.78 is 1.16. The van der Waals surface area contributed by atoms with E-state index in [1.807, 2.05) is 54.6 Å². The fourth-order valence-electron chi connectivity index (χ4n) is 2.86. The second-order valence-corrected chi connectivity index (χ2v) is 6.01. The molecule has 6 nitrogen and oxygen atoms in total. The van der Waals surface area contributed by atoms with E-state index in [1.54, 1.807) is 18.3 Å². The van der Waals surface area contributed by atoms with Crippen molar-refractivity contribution in [2.75, 3.05) is 5.32 Å². The van der Waals surface area contributed by atoms with Gasteiger partial charge in [0.25, 0.3) is 5.56 Å². The first-order chi connectivity index (χ1) is 13.2. The molecule has 0 fully saturated rings. The van der Waals surface area contributed by atoms with E-state index in [-0.39, 0.29) is 18.0 Å². The van der Waals surface area contributed by atoms with Crippen LogP contribution in [0.5, 0.6) is 0 Å². The fourth-order valence-corrected chi connectivity index (χ4v) is 2.86. The van der Waals surface area contributed by atoms with Crippen molar-refractivity contribution in [3.05, 3.63) is 89.3 Å². The summed E-state index contributed by atoms with van der Waals surface area (Å²) in [5, 5.41) is 8.06. The van der Waals surface area contributed by atoms with E-state index in [0.29, 0.717) is 16.9 Å². The summed E-state index contributed by atoms with van der Waals surface area (Å²) >= 11 is 0. The minimum atomic E-state index is -0.340. The Hall–Kier alpha value is -3.80. The van der Waals surface area contributed by atoms with Crippen molar-refractivity contribution in [1.82, 2.24) is 14.8 Å². The van der Waals surface area contributed by atoms with Crippen LogP contribution in [0.25, 0.3) is 22.2 Å². The molecule has 132 valence electrons. The van der Waals surface area contributed by atoms with Gasteiger partial charge >= 0.3 is 0 Å². The smallest absolute Gasteiger partial charge is 0.267 e. The molecule has 4 aromatic rings. The quantitative estimate of drug-likeness (QED) is 0.610. The number of nitrogens with zero attached hydrogens (tertiary/aromatic N) is 3. The lowest BCUT2D eigenvalue weighted by molar-refractivity contribution is -0.117. The zero-order valence-electron chi connectivity index (χ0n) is 14.4. The Labute approximate surface area is 155 Å². The van der Waals surface area contributed by atoms with Gasteiger partial charge in [-0.05, 0) is 18.2 Å². The normalized spacial score (nSPS) is 10.7. The van der Waals surface area contributed by atoms with Crippen LogP contribution in [0.2, 0.25) is 0 Å². The average molecular weight is 356 g/mol. The summed E-state index contributed by atoms with van der Waals surface area (Å²) in [5.74, 6) is -0.340. The molecule has 1 amide bonds. The number of aromatic nitrogens is 3. The first kappa shape index (κ1) is 16.7. The van der Waals surface area contributed by atoms with Gasteiger partial charge in [0, 0.05) is 23.2 Å². The molecule has 0 aliphatic rings. The molecule has 1 N–H and O–H groups in total. The molecule has 0 saturated heterocycles. The average Bonchev–Trinajstić information content (AvgIpc) is 2.70. The molecule has 0 aliphatic heterocycles. The van der Waals surface area contributed by atoms with Crippen molar-refractivity contribution >= 4 is 22.5 Å². The van der Waals surface area contributed by atoms with Crippen molar-refractivity contribution < 1.29 is 4.79 Å². The molecular weight excluding hydrogens is 340 g/mol. The molecular formula is C21H16N4O2. The third kappa shape index (κ3) is 3.59. The van der Waals surface area contributed by atoms with E-state index >= 15 is 0 Å². The largest absolute Gasteiger partial charge is 0.323 e. The number of nitrogens with one attached hydrogen (secondary N) is 1. The lowest BCUT2D eigenvalue weighted by Crippen LogP contribution is -2.29. The molecule has 0 saturated carbocycles. The van der Waals surface area contributed by atoms with Crippen molar-refractivity contribution in [1.29, 1.82) is 0 Å². The number of hydrogen-bond donors (Lipinski definition) is 1. The standard InChI is InChI=1S/C21H16N4O2/c26-19(23-18-10-4-8-16-9-5-13-22-21(16)18)14-25-20(27)12-11-17(24-25)15-6-2-1-3-7-15/h1-13H,14H2,(H,23,26). The van der Waals surface area contributed by atoms with Crippen LogP contribution in [0.15, 0.2) is 83.8 Å². The van der Waals surface area contributed by atoms with E-state index < -0.39 is 0 Å². The van der Waals surface area contributed by atoms with Crippen LogP contribution >= 0.6 is 0 Å². The van der Waals surface area contributed by atoms with E-state index in [9.17, 15) is 9.59 Å². The summed E-state index contributed by atoms with van der Waals surface area (Å²) in [7, 11) is 0. The van der Waals surface area contributed by atoms with Crippen molar-refractivity contribution in [3.63, 3.8) is 0 Å². The van der Waals surface area contributed by atoms with Gasteiger partial charge in [0.15, 0.2) is 0 Å². The van der Waals surface area contributed by atoms with Crippen LogP contribution < -0.4 is 10.9 Å². The van der Waals surface area contributed by atoms with Gasteiger partial charge in [-0.15, -0.1) is 0 Å². The zero-order valence-corrected chi connectivity index (χ0v) is 14.4. The third-order valence-electron chi connectivity index (χ3n) is 4.14. The lowest BCUT2D eigenvalue weighted by atomic mass is 10.1. The number of pyridine rings is 1. The minimum absolute atomic E-state index is 0.178. The topological polar surface area (TPSA) is 76.9 Å². The van der Waals surface area contributed by atoms with Crippen LogP contribution in [-0.2, 0) is 11.3 Å². The predicted molar refractivity (Wildman–Crippen MR) is 104 cm³/mol. The molecule has 0 radical (unpaired) electrons. The van der Waals surface area contributed by atoms with Gasteiger partial charge in [-0.3, -0.25) is 14.6 Å².